The molecule has 1 aromatic carbocycles. The number of aromatic nitrogens is 2. The predicted octanol–water partition coefficient (Wildman–Crippen LogP) is 1.67. The molecule has 47 heavy (non-hydrogen) atoms. The van der Waals surface area contributed by atoms with Crippen molar-refractivity contribution in [2.45, 2.75) is 24.2 Å². The number of sulfonamides is 1. The van der Waals surface area contributed by atoms with Gasteiger partial charge in [0.2, 0.25) is 5.95 Å². The molecule has 2 rings (SSSR count). The van der Waals surface area contributed by atoms with Crippen molar-refractivity contribution < 1.29 is 61.5 Å². The Hall–Kier alpha value is -3.65. The third-order valence-electron chi connectivity index (χ3n) is 5.50. The lowest BCUT2D eigenvalue weighted by atomic mass is 10.2. The molecule has 0 unspecified atom stereocenters. The smallest absolute Gasteiger partial charge is 0.329 e. The molecule has 20 heteroatoms. The molecule has 0 aliphatic rings. The first-order valence-corrected chi connectivity index (χ1v) is 16.1. The molecule has 2 aromatic rings. The Labute approximate surface area is 279 Å². The molecule has 260 valence electrons. The standard InChI is InChI=1S/C27H34Cl2N4O13S/c28-20-13-23(21(29)12-22(20)46-6-3-24(35)36)47(40,41)33-27-31-14-18(15-32-27)26(39)30-4-7-43-9-10-44-16-19(34)2-1-5-42-8-11-45-17-25(37)38/h12-15H,1-11,16-17H2,(H,30,39)(H,35,36)(H,37,38)(H,31,32,33). The summed E-state index contributed by atoms with van der Waals surface area (Å²) in [6.07, 6.45) is 2.69. The Balaban J connectivity index is 1.62. The largest absolute Gasteiger partial charge is 0.491 e. The maximum absolute atomic E-state index is 12.8. The number of ketones is 1. The van der Waals surface area contributed by atoms with E-state index < -0.39 is 32.8 Å². The summed E-state index contributed by atoms with van der Waals surface area (Å²) in [5.74, 6) is -3.12. The van der Waals surface area contributed by atoms with Gasteiger partial charge < -0.3 is 39.2 Å². The number of ether oxygens (including phenoxy) is 5. The van der Waals surface area contributed by atoms with Crippen LogP contribution >= 0.6 is 23.2 Å². The number of carboxylic acids is 2. The number of benzene rings is 1. The molecule has 0 saturated carbocycles. The minimum Gasteiger partial charge on any atom is -0.491 e. The molecule has 0 atom stereocenters. The quantitative estimate of drug-likeness (QED) is 0.107. The summed E-state index contributed by atoms with van der Waals surface area (Å²) in [5, 5.41) is 19.4. The third kappa shape index (κ3) is 16.1. The number of nitrogens with zero attached hydrogens (tertiary/aromatic N) is 2. The summed E-state index contributed by atoms with van der Waals surface area (Å²) >= 11 is 12.2. The van der Waals surface area contributed by atoms with Crippen LogP contribution in [0.3, 0.4) is 0 Å². The molecule has 0 radical (unpaired) electrons. The molecule has 1 heterocycles. The van der Waals surface area contributed by atoms with E-state index in [9.17, 15) is 27.6 Å². The molecule has 17 nitrogen and oxygen atoms in total. The summed E-state index contributed by atoms with van der Waals surface area (Å²) in [5.41, 5.74) is 0.0515. The van der Waals surface area contributed by atoms with Crippen molar-refractivity contribution in [2.24, 2.45) is 0 Å². The SMILES string of the molecule is O=C(O)CCOc1cc(Cl)c(S(=O)(=O)Nc2ncc(C(=O)NCCOCCOCC(=O)CCCOCCOCC(=O)O)cn2)cc1Cl. The fourth-order valence-corrected chi connectivity index (χ4v) is 5.10. The average Bonchev–Trinajstić information content (AvgIpc) is 3.01. The second-order valence-corrected chi connectivity index (χ2v) is 11.7. The molecule has 1 amide bonds. The van der Waals surface area contributed by atoms with E-state index in [2.05, 4.69) is 20.0 Å². The summed E-state index contributed by atoms with van der Waals surface area (Å²) in [4.78, 5) is 52.4. The second-order valence-electron chi connectivity index (χ2n) is 9.23. The topological polar surface area (TPSA) is 239 Å². The van der Waals surface area contributed by atoms with Crippen molar-refractivity contribution in [2.75, 3.05) is 70.7 Å². The highest BCUT2D eigenvalue weighted by atomic mass is 35.5. The Bertz CT molecular complexity index is 1450. The van der Waals surface area contributed by atoms with Crippen LogP contribution in [-0.2, 0) is 43.4 Å². The molecular weight excluding hydrogens is 691 g/mol. The molecule has 4 N–H and O–H groups in total. The van der Waals surface area contributed by atoms with E-state index in [1.165, 1.54) is 0 Å². The summed E-state index contributed by atoms with van der Waals surface area (Å²) in [6, 6.07) is 2.17. The van der Waals surface area contributed by atoms with Crippen LogP contribution in [0.2, 0.25) is 10.0 Å². The molecular formula is C27H34Cl2N4O13S. The fraction of sp³-hybridized carbons (Fsp3) is 0.481. The molecule has 0 fully saturated rings. The Morgan fingerprint density at radius 3 is 2.06 bits per heavy atom. The van der Waals surface area contributed by atoms with E-state index in [1.807, 2.05) is 0 Å². The van der Waals surface area contributed by atoms with Gasteiger partial charge in [-0.1, -0.05) is 23.2 Å². The van der Waals surface area contributed by atoms with E-state index >= 15 is 0 Å². The van der Waals surface area contributed by atoms with Crippen LogP contribution < -0.4 is 14.8 Å². The Kier molecular flexibility index (Phi) is 17.9. The molecule has 0 bridgehead atoms. The van der Waals surface area contributed by atoms with Gasteiger partial charge in [0, 0.05) is 38.0 Å². The van der Waals surface area contributed by atoms with E-state index in [0.29, 0.717) is 13.0 Å². The number of halogens is 2. The van der Waals surface area contributed by atoms with Crippen LogP contribution in [0.1, 0.15) is 29.6 Å². The minimum atomic E-state index is -4.30. The van der Waals surface area contributed by atoms with E-state index in [1.54, 1.807) is 0 Å². The number of anilines is 1. The molecule has 0 saturated heterocycles. The van der Waals surface area contributed by atoms with Crippen molar-refractivity contribution in [3.63, 3.8) is 0 Å². The number of aliphatic carboxylic acids is 2. The zero-order valence-corrected chi connectivity index (χ0v) is 27.3. The molecule has 0 aliphatic heterocycles. The minimum absolute atomic E-state index is 0.00478. The number of carboxylic acid groups (broad SMARTS) is 2. The Morgan fingerprint density at radius 2 is 1.40 bits per heavy atom. The highest BCUT2D eigenvalue weighted by Crippen LogP contribution is 2.34. The predicted molar refractivity (Wildman–Crippen MR) is 165 cm³/mol. The third-order valence-corrected chi connectivity index (χ3v) is 7.59. The Morgan fingerprint density at radius 1 is 0.766 bits per heavy atom. The van der Waals surface area contributed by atoms with Crippen LogP contribution in [0.25, 0.3) is 0 Å². The normalized spacial score (nSPS) is 11.2. The maximum atomic E-state index is 12.8. The van der Waals surface area contributed by atoms with Gasteiger partial charge >= 0.3 is 11.9 Å². The summed E-state index contributed by atoms with van der Waals surface area (Å²) < 4.78 is 53.7. The van der Waals surface area contributed by atoms with Crippen molar-refractivity contribution in [3.8, 4) is 5.75 Å². The van der Waals surface area contributed by atoms with Gasteiger partial charge in [-0.2, -0.15) is 0 Å². The van der Waals surface area contributed by atoms with Gasteiger partial charge in [-0.25, -0.2) is 27.9 Å². The van der Waals surface area contributed by atoms with Crippen LogP contribution in [0.4, 0.5) is 5.95 Å². The van der Waals surface area contributed by atoms with E-state index in [-0.39, 0.29) is 105 Å². The van der Waals surface area contributed by atoms with Crippen LogP contribution in [-0.4, -0.2) is 118 Å². The van der Waals surface area contributed by atoms with Gasteiger partial charge in [0.15, 0.2) is 5.78 Å². The van der Waals surface area contributed by atoms with Crippen molar-refractivity contribution in [3.05, 3.63) is 40.1 Å². The van der Waals surface area contributed by atoms with Crippen molar-refractivity contribution >= 4 is 62.8 Å². The number of hydrogen-bond donors (Lipinski definition) is 4. The highest BCUT2D eigenvalue weighted by molar-refractivity contribution is 7.92. The van der Waals surface area contributed by atoms with Crippen LogP contribution in [0.15, 0.2) is 29.4 Å². The average molecular weight is 726 g/mol. The van der Waals surface area contributed by atoms with Gasteiger partial charge in [-0.15, -0.1) is 0 Å². The lowest BCUT2D eigenvalue weighted by Gasteiger charge is -2.12. The monoisotopic (exact) mass is 724 g/mol. The zero-order valence-electron chi connectivity index (χ0n) is 24.9. The van der Waals surface area contributed by atoms with Crippen LogP contribution in [0, 0.1) is 0 Å². The van der Waals surface area contributed by atoms with Gasteiger partial charge in [0.05, 0.1) is 61.7 Å². The number of carbonyl (C=O) groups is 4. The number of carbonyl (C=O) groups excluding carboxylic acids is 2. The number of hydrogen-bond acceptors (Lipinski definition) is 13. The van der Waals surface area contributed by atoms with Gasteiger partial charge in [0.25, 0.3) is 15.9 Å². The first-order chi connectivity index (χ1) is 22.4. The summed E-state index contributed by atoms with van der Waals surface area (Å²) in [6.45, 7) is 0.726. The van der Waals surface area contributed by atoms with Crippen molar-refractivity contribution in [1.82, 2.24) is 15.3 Å². The number of amides is 1. The number of nitrogens with one attached hydrogen (secondary N) is 2. The first-order valence-electron chi connectivity index (χ1n) is 13.9. The van der Waals surface area contributed by atoms with Gasteiger partial charge in [-0.05, 0) is 12.5 Å². The molecule has 0 spiro atoms. The van der Waals surface area contributed by atoms with Gasteiger partial charge in [-0.3, -0.25) is 14.4 Å². The van der Waals surface area contributed by atoms with E-state index in [4.69, 9.17) is 57.1 Å². The van der Waals surface area contributed by atoms with Gasteiger partial charge in [0.1, 0.15) is 23.9 Å². The first kappa shape index (κ1) is 39.5. The highest BCUT2D eigenvalue weighted by Gasteiger charge is 2.22. The zero-order chi connectivity index (χ0) is 34.7. The lowest BCUT2D eigenvalue weighted by Crippen LogP contribution is -2.28. The van der Waals surface area contributed by atoms with E-state index in [0.717, 1.165) is 24.5 Å². The second kappa shape index (κ2) is 21.3. The molecule has 0 aliphatic carbocycles. The molecule has 1 aromatic heterocycles. The lowest BCUT2D eigenvalue weighted by molar-refractivity contribution is -0.143. The number of Topliss-reactive ketones (excluding diaryl/α,β-unsaturated/α-hetero) is 1. The van der Waals surface area contributed by atoms with Crippen LogP contribution in [0.5, 0.6) is 5.75 Å². The maximum Gasteiger partial charge on any atom is 0.329 e. The number of rotatable bonds is 25. The summed E-state index contributed by atoms with van der Waals surface area (Å²) in [7, 11) is -4.30. The fourth-order valence-electron chi connectivity index (χ4n) is 3.32. The van der Waals surface area contributed by atoms with Crippen molar-refractivity contribution in [1.29, 1.82) is 0 Å².